The van der Waals surface area contributed by atoms with Gasteiger partial charge in [-0.3, -0.25) is 14.7 Å². The molecule has 2 aromatic rings. The van der Waals surface area contributed by atoms with Gasteiger partial charge in [-0.25, -0.2) is 13.4 Å². The summed E-state index contributed by atoms with van der Waals surface area (Å²) in [6.45, 7) is 7.34. The lowest BCUT2D eigenvalue weighted by Gasteiger charge is -2.31. The SMILES string of the molecule is CN1CCN(Cc2cnc(CC(=O)/C(=N/N3CCOCC3)c3ccc(S(C)(=O)=O)cc3)s2)CC1. The van der Waals surface area contributed by atoms with Crippen LogP contribution in [0.1, 0.15) is 15.4 Å². The van der Waals surface area contributed by atoms with Crippen molar-refractivity contribution in [1.29, 1.82) is 0 Å². The molecule has 0 radical (unpaired) electrons. The molecule has 9 nitrogen and oxygen atoms in total. The predicted octanol–water partition coefficient (Wildman–Crippen LogP) is 1.14. The molecule has 0 spiro atoms. The van der Waals surface area contributed by atoms with Crippen molar-refractivity contribution in [3.63, 3.8) is 0 Å². The molecule has 11 heteroatoms. The number of hydrogen-bond acceptors (Lipinski definition) is 10. The largest absolute Gasteiger partial charge is 0.378 e. The Bertz CT molecular complexity index is 1120. The molecule has 3 heterocycles. The number of sulfone groups is 1. The Balaban J connectivity index is 1.49. The third-order valence-electron chi connectivity index (χ3n) is 5.94. The molecule has 0 bridgehead atoms. The Hall–Kier alpha value is -2.18. The van der Waals surface area contributed by atoms with Gasteiger partial charge >= 0.3 is 0 Å². The van der Waals surface area contributed by atoms with E-state index in [2.05, 4.69) is 26.9 Å². The highest BCUT2D eigenvalue weighted by Crippen LogP contribution is 2.19. The van der Waals surface area contributed by atoms with Crippen LogP contribution in [0, 0.1) is 0 Å². The van der Waals surface area contributed by atoms with Gasteiger partial charge in [0.1, 0.15) is 10.7 Å². The van der Waals surface area contributed by atoms with E-state index in [1.165, 1.54) is 12.1 Å². The average molecular weight is 506 g/mol. The Labute approximate surface area is 204 Å². The zero-order valence-corrected chi connectivity index (χ0v) is 21.3. The standard InChI is InChI=1S/C23H31N5O4S2/c1-26-7-9-27(10-8-26)17-19-16-24-22(33-19)15-21(29)23(25-28-11-13-32-14-12-28)18-3-5-20(6-4-18)34(2,30)31/h3-6,16H,7-15,17H2,1-2H3/b25-23+. The van der Waals surface area contributed by atoms with Gasteiger partial charge in [-0.2, -0.15) is 5.10 Å². The van der Waals surface area contributed by atoms with Gasteiger partial charge in [0, 0.05) is 55.6 Å². The molecule has 0 saturated carbocycles. The van der Waals surface area contributed by atoms with E-state index in [1.54, 1.807) is 23.5 Å². The summed E-state index contributed by atoms with van der Waals surface area (Å²) in [4.78, 5) is 23.9. The van der Waals surface area contributed by atoms with Crippen LogP contribution in [-0.2, 0) is 32.3 Å². The number of benzene rings is 1. The van der Waals surface area contributed by atoms with Crippen molar-refractivity contribution in [3.8, 4) is 0 Å². The van der Waals surface area contributed by atoms with Crippen LogP contribution in [0.2, 0.25) is 0 Å². The first-order valence-corrected chi connectivity index (χ1v) is 14.1. The summed E-state index contributed by atoms with van der Waals surface area (Å²) in [5, 5.41) is 7.23. The second-order valence-corrected chi connectivity index (χ2v) is 11.9. The summed E-state index contributed by atoms with van der Waals surface area (Å²) in [7, 11) is -1.18. The lowest BCUT2D eigenvalue weighted by Crippen LogP contribution is -2.43. The molecule has 2 saturated heterocycles. The van der Waals surface area contributed by atoms with Crippen molar-refractivity contribution in [3.05, 3.63) is 45.9 Å². The third-order valence-corrected chi connectivity index (χ3v) is 8.05. The Morgan fingerprint density at radius 3 is 2.41 bits per heavy atom. The van der Waals surface area contributed by atoms with Gasteiger partial charge in [0.05, 0.1) is 37.6 Å². The van der Waals surface area contributed by atoms with Crippen LogP contribution in [0.3, 0.4) is 0 Å². The molecule has 34 heavy (non-hydrogen) atoms. The van der Waals surface area contributed by atoms with Crippen LogP contribution < -0.4 is 0 Å². The molecule has 1 aromatic heterocycles. The number of thiazole rings is 1. The lowest BCUT2D eigenvalue weighted by molar-refractivity contribution is -0.112. The molecule has 2 aliphatic heterocycles. The number of nitrogens with zero attached hydrogens (tertiary/aromatic N) is 5. The summed E-state index contributed by atoms with van der Waals surface area (Å²) in [5.74, 6) is -0.140. The van der Waals surface area contributed by atoms with E-state index in [0.717, 1.165) is 48.9 Å². The molecular weight excluding hydrogens is 474 g/mol. The van der Waals surface area contributed by atoms with Gasteiger partial charge in [-0.05, 0) is 19.2 Å². The topological polar surface area (TPSA) is 95.4 Å². The zero-order valence-electron chi connectivity index (χ0n) is 19.6. The van der Waals surface area contributed by atoms with Gasteiger partial charge in [0.15, 0.2) is 15.6 Å². The number of morpholine rings is 1. The monoisotopic (exact) mass is 505 g/mol. The Morgan fingerprint density at radius 1 is 1.09 bits per heavy atom. The maximum Gasteiger partial charge on any atom is 0.190 e. The van der Waals surface area contributed by atoms with Crippen molar-refractivity contribution in [2.75, 3.05) is 65.8 Å². The van der Waals surface area contributed by atoms with Crippen LogP contribution in [0.5, 0.6) is 0 Å². The van der Waals surface area contributed by atoms with E-state index in [1.807, 2.05) is 11.2 Å². The zero-order chi connectivity index (χ0) is 24.1. The first-order chi connectivity index (χ1) is 16.3. The maximum atomic E-state index is 13.3. The first kappa shape index (κ1) is 24.9. The average Bonchev–Trinajstić information content (AvgIpc) is 3.25. The molecule has 184 valence electrons. The maximum absolute atomic E-state index is 13.3. The Kier molecular flexibility index (Phi) is 8.10. The van der Waals surface area contributed by atoms with Crippen LogP contribution in [0.25, 0.3) is 0 Å². The summed E-state index contributed by atoms with van der Waals surface area (Å²) < 4.78 is 29.1. The van der Waals surface area contributed by atoms with E-state index < -0.39 is 9.84 Å². The molecule has 4 rings (SSSR count). The molecule has 0 atom stereocenters. The molecule has 0 aliphatic carbocycles. The highest BCUT2D eigenvalue weighted by Gasteiger charge is 2.21. The number of hydrazone groups is 1. The molecular formula is C23H31N5O4S2. The van der Waals surface area contributed by atoms with Crippen molar-refractivity contribution < 1.29 is 17.9 Å². The summed E-state index contributed by atoms with van der Waals surface area (Å²) in [5.41, 5.74) is 0.913. The van der Waals surface area contributed by atoms with Gasteiger partial charge in [-0.15, -0.1) is 11.3 Å². The number of ketones is 1. The number of hydrogen-bond donors (Lipinski definition) is 0. The number of aromatic nitrogens is 1. The number of piperazine rings is 1. The predicted molar refractivity (Wildman–Crippen MR) is 132 cm³/mol. The number of likely N-dealkylation sites (N-methyl/N-ethyl adjacent to an activating group) is 1. The molecule has 0 amide bonds. The summed E-state index contributed by atoms with van der Waals surface area (Å²) >= 11 is 1.57. The fourth-order valence-corrected chi connectivity index (χ4v) is 5.47. The summed E-state index contributed by atoms with van der Waals surface area (Å²) in [6, 6.07) is 6.33. The van der Waals surface area contributed by atoms with Crippen LogP contribution in [-0.4, -0.2) is 105 Å². The normalized spacial score (nSPS) is 18.9. The van der Waals surface area contributed by atoms with Crippen molar-refractivity contribution in [2.45, 2.75) is 17.9 Å². The van der Waals surface area contributed by atoms with Crippen LogP contribution in [0.15, 0.2) is 40.5 Å². The number of carbonyl (C=O) groups is 1. The van der Waals surface area contributed by atoms with Gasteiger partial charge in [0.2, 0.25) is 0 Å². The van der Waals surface area contributed by atoms with E-state index in [9.17, 15) is 13.2 Å². The number of rotatable bonds is 8. The lowest BCUT2D eigenvalue weighted by atomic mass is 10.0. The number of ether oxygens (including phenoxy) is 1. The van der Waals surface area contributed by atoms with E-state index in [0.29, 0.717) is 37.6 Å². The third kappa shape index (κ3) is 6.70. The minimum atomic E-state index is -3.32. The van der Waals surface area contributed by atoms with Crippen molar-refractivity contribution >= 4 is 32.7 Å². The molecule has 1 aromatic carbocycles. The van der Waals surface area contributed by atoms with Crippen molar-refractivity contribution in [1.82, 2.24) is 19.8 Å². The second kappa shape index (κ2) is 11.0. The molecule has 2 aliphatic rings. The fraction of sp³-hybridized carbons (Fsp3) is 0.522. The first-order valence-electron chi connectivity index (χ1n) is 11.4. The fourth-order valence-electron chi connectivity index (χ4n) is 3.88. The summed E-state index contributed by atoms with van der Waals surface area (Å²) in [6.07, 6.45) is 3.19. The van der Waals surface area contributed by atoms with E-state index in [4.69, 9.17) is 4.74 Å². The number of carbonyl (C=O) groups excluding carboxylic acids is 1. The molecule has 0 unspecified atom stereocenters. The Morgan fingerprint density at radius 2 is 1.76 bits per heavy atom. The highest BCUT2D eigenvalue weighted by molar-refractivity contribution is 7.90. The van der Waals surface area contributed by atoms with E-state index >= 15 is 0 Å². The number of Topliss-reactive ketones (excluding diaryl/α,β-unsaturated/α-hetero) is 1. The van der Waals surface area contributed by atoms with Crippen LogP contribution >= 0.6 is 11.3 Å². The van der Waals surface area contributed by atoms with Gasteiger partial charge in [0.25, 0.3) is 0 Å². The van der Waals surface area contributed by atoms with Gasteiger partial charge < -0.3 is 9.64 Å². The van der Waals surface area contributed by atoms with Crippen LogP contribution in [0.4, 0.5) is 0 Å². The van der Waals surface area contributed by atoms with E-state index in [-0.39, 0.29) is 17.1 Å². The minimum absolute atomic E-state index is 0.140. The van der Waals surface area contributed by atoms with Crippen molar-refractivity contribution in [2.24, 2.45) is 5.10 Å². The smallest absolute Gasteiger partial charge is 0.190 e. The highest BCUT2D eigenvalue weighted by atomic mass is 32.2. The second-order valence-electron chi connectivity index (χ2n) is 8.71. The molecule has 2 fully saturated rings. The molecule has 0 N–H and O–H groups in total. The van der Waals surface area contributed by atoms with Gasteiger partial charge in [-0.1, -0.05) is 12.1 Å². The minimum Gasteiger partial charge on any atom is -0.378 e. The quantitative estimate of drug-likeness (QED) is 0.493.